The zero-order valence-corrected chi connectivity index (χ0v) is 11.5. The molecule has 0 amide bonds. The molecule has 1 atom stereocenters. The molecule has 1 heterocycles. The minimum Gasteiger partial charge on any atom is -0.397 e. The molecular weight excluding hydrogens is 251 g/mol. The molecule has 1 aromatic rings. The maximum absolute atomic E-state index is 13.6. The second kappa shape index (κ2) is 5.79. The van der Waals surface area contributed by atoms with Gasteiger partial charge in [-0.3, -0.25) is 0 Å². The Hall–Kier alpha value is -0.960. The Morgan fingerprint density at radius 3 is 2.94 bits per heavy atom. The molecule has 2 N–H and O–H groups in total. The van der Waals surface area contributed by atoms with E-state index in [1.807, 2.05) is 0 Å². The van der Waals surface area contributed by atoms with E-state index in [4.69, 9.17) is 17.3 Å². The first-order valence-corrected chi connectivity index (χ1v) is 7.02. The van der Waals surface area contributed by atoms with Crippen LogP contribution in [0.2, 0.25) is 5.02 Å². The van der Waals surface area contributed by atoms with Crippen LogP contribution in [0.25, 0.3) is 0 Å². The normalized spacial score (nSPS) is 20.2. The fourth-order valence-electron chi connectivity index (χ4n) is 2.75. The molecule has 0 aliphatic carbocycles. The van der Waals surface area contributed by atoms with E-state index in [2.05, 4.69) is 11.8 Å². The van der Waals surface area contributed by atoms with Crippen LogP contribution in [0.4, 0.5) is 15.8 Å². The molecule has 0 spiro atoms. The number of piperidine rings is 1. The molecule has 100 valence electrons. The summed E-state index contributed by atoms with van der Waals surface area (Å²) in [5, 5.41) is 0.0975. The highest BCUT2D eigenvalue weighted by atomic mass is 35.5. The summed E-state index contributed by atoms with van der Waals surface area (Å²) in [5.74, 6) is -0.387. The standard InChI is InChI=1S/C14H20ClFN2/c1-2-5-10-6-3-4-7-18(10)14-9-12(16)11(15)8-13(14)17/h8-10H,2-7,17H2,1H3. The fraction of sp³-hybridized carbons (Fsp3) is 0.571. The van der Waals surface area contributed by atoms with Crippen molar-refractivity contribution in [1.29, 1.82) is 0 Å². The summed E-state index contributed by atoms with van der Waals surface area (Å²) >= 11 is 5.75. The van der Waals surface area contributed by atoms with Gasteiger partial charge in [0, 0.05) is 18.7 Å². The molecule has 0 radical (unpaired) electrons. The van der Waals surface area contributed by atoms with Crippen LogP contribution in [0, 0.1) is 5.82 Å². The van der Waals surface area contributed by atoms with Crippen molar-refractivity contribution in [1.82, 2.24) is 0 Å². The average molecular weight is 271 g/mol. The summed E-state index contributed by atoms with van der Waals surface area (Å²) in [6.07, 6.45) is 5.82. The van der Waals surface area contributed by atoms with Gasteiger partial charge in [0.1, 0.15) is 5.82 Å². The lowest BCUT2D eigenvalue weighted by Crippen LogP contribution is -2.39. The van der Waals surface area contributed by atoms with Crippen molar-refractivity contribution in [3.63, 3.8) is 0 Å². The zero-order valence-electron chi connectivity index (χ0n) is 10.8. The third kappa shape index (κ3) is 2.72. The molecule has 1 saturated heterocycles. The molecule has 0 saturated carbocycles. The lowest BCUT2D eigenvalue weighted by atomic mass is 9.97. The molecule has 1 aromatic carbocycles. The van der Waals surface area contributed by atoms with Crippen LogP contribution < -0.4 is 10.6 Å². The van der Waals surface area contributed by atoms with E-state index in [-0.39, 0.29) is 10.8 Å². The molecule has 18 heavy (non-hydrogen) atoms. The quantitative estimate of drug-likeness (QED) is 0.833. The summed E-state index contributed by atoms with van der Waals surface area (Å²) in [7, 11) is 0. The van der Waals surface area contributed by atoms with Gasteiger partial charge < -0.3 is 10.6 Å². The van der Waals surface area contributed by atoms with Crippen molar-refractivity contribution in [2.24, 2.45) is 0 Å². The molecule has 0 bridgehead atoms. The van der Waals surface area contributed by atoms with E-state index in [9.17, 15) is 4.39 Å². The van der Waals surface area contributed by atoms with Gasteiger partial charge in [-0.1, -0.05) is 24.9 Å². The van der Waals surface area contributed by atoms with Gasteiger partial charge in [0.2, 0.25) is 0 Å². The number of nitrogens with zero attached hydrogens (tertiary/aromatic N) is 1. The Morgan fingerprint density at radius 2 is 2.22 bits per heavy atom. The van der Waals surface area contributed by atoms with E-state index in [0.29, 0.717) is 11.7 Å². The van der Waals surface area contributed by atoms with Gasteiger partial charge in [0.15, 0.2) is 0 Å². The van der Waals surface area contributed by atoms with Gasteiger partial charge in [-0.15, -0.1) is 0 Å². The van der Waals surface area contributed by atoms with E-state index in [0.717, 1.165) is 37.9 Å². The summed E-state index contributed by atoms with van der Waals surface area (Å²) in [4.78, 5) is 2.25. The maximum atomic E-state index is 13.6. The number of hydrogen-bond acceptors (Lipinski definition) is 2. The summed E-state index contributed by atoms with van der Waals surface area (Å²) in [6.45, 7) is 3.13. The van der Waals surface area contributed by atoms with Crippen LogP contribution in [0.3, 0.4) is 0 Å². The lowest BCUT2D eigenvalue weighted by molar-refractivity contribution is 0.434. The molecule has 4 heteroatoms. The highest BCUT2D eigenvalue weighted by Gasteiger charge is 2.24. The Labute approximate surface area is 113 Å². The van der Waals surface area contributed by atoms with E-state index < -0.39 is 0 Å². The number of rotatable bonds is 3. The van der Waals surface area contributed by atoms with E-state index >= 15 is 0 Å². The number of nitrogens with two attached hydrogens (primary N) is 1. The third-order valence-electron chi connectivity index (χ3n) is 3.63. The van der Waals surface area contributed by atoms with Crippen molar-refractivity contribution < 1.29 is 4.39 Å². The van der Waals surface area contributed by atoms with Gasteiger partial charge in [-0.2, -0.15) is 0 Å². The minimum atomic E-state index is -0.387. The topological polar surface area (TPSA) is 29.3 Å². The molecule has 1 unspecified atom stereocenters. The van der Waals surface area contributed by atoms with Crippen LogP contribution in [-0.4, -0.2) is 12.6 Å². The first-order chi connectivity index (χ1) is 8.63. The number of halogens is 2. The average Bonchev–Trinajstić information content (AvgIpc) is 2.35. The highest BCUT2D eigenvalue weighted by Crippen LogP contribution is 2.34. The SMILES string of the molecule is CCCC1CCCCN1c1cc(F)c(Cl)cc1N. The Bertz CT molecular complexity index is 421. The second-order valence-corrected chi connectivity index (χ2v) is 5.36. The van der Waals surface area contributed by atoms with Gasteiger partial charge in [-0.05, 0) is 31.7 Å². The predicted octanol–water partition coefficient (Wildman–Crippen LogP) is 4.22. The van der Waals surface area contributed by atoms with Gasteiger partial charge in [0.05, 0.1) is 16.4 Å². The molecule has 0 aromatic heterocycles. The first kappa shape index (κ1) is 13.5. The summed E-state index contributed by atoms with van der Waals surface area (Å²) < 4.78 is 13.6. The zero-order chi connectivity index (χ0) is 13.1. The van der Waals surface area contributed by atoms with Crippen molar-refractivity contribution in [3.8, 4) is 0 Å². The van der Waals surface area contributed by atoms with Crippen molar-refractivity contribution in [2.45, 2.75) is 45.1 Å². The number of benzene rings is 1. The van der Waals surface area contributed by atoms with Gasteiger partial charge >= 0.3 is 0 Å². The summed E-state index contributed by atoms with van der Waals surface area (Å²) in [6, 6.07) is 3.47. The Kier molecular flexibility index (Phi) is 4.33. The lowest BCUT2D eigenvalue weighted by Gasteiger charge is -2.38. The third-order valence-corrected chi connectivity index (χ3v) is 3.92. The monoisotopic (exact) mass is 270 g/mol. The van der Waals surface area contributed by atoms with Crippen LogP contribution in [-0.2, 0) is 0 Å². The maximum Gasteiger partial charge on any atom is 0.144 e. The minimum absolute atomic E-state index is 0.0975. The smallest absolute Gasteiger partial charge is 0.144 e. The number of anilines is 2. The van der Waals surface area contributed by atoms with Crippen LogP contribution >= 0.6 is 11.6 Å². The van der Waals surface area contributed by atoms with Crippen molar-refractivity contribution >= 4 is 23.0 Å². The van der Waals surface area contributed by atoms with Crippen LogP contribution in [0.5, 0.6) is 0 Å². The van der Waals surface area contributed by atoms with Crippen LogP contribution in [0.15, 0.2) is 12.1 Å². The molecule has 1 aliphatic rings. The van der Waals surface area contributed by atoms with Gasteiger partial charge in [0.25, 0.3) is 0 Å². The molecule has 2 nitrogen and oxygen atoms in total. The molecule has 2 rings (SSSR count). The largest absolute Gasteiger partial charge is 0.397 e. The summed E-state index contributed by atoms with van der Waals surface area (Å²) in [5.41, 5.74) is 7.36. The van der Waals surface area contributed by atoms with Gasteiger partial charge in [-0.25, -0.2) is 4.39 Å². The fourth-order valence-corrected chi connectivity index (χ4v) is 2.92. The van der Waals surface area contributed by atoms with Crippen molar-refractivity contribution in [3.05, 3.63) is 23.0 Å². The predicted molar refractivity (Wildman–Crippen MR) is 75.7 cm³/mol. The molecule has 1 aliphatic heterocycles. The Balaban J connectivity index is 2.30. The first-order valence-electron chi connectivity index (χ1n) is 6.64. The van der Waals surface area contributed by atoms with E-state index in [1.54, 1.807) is 0 Å². The van der Waals surface area contributed by atoms with Crippen LogP contribution in [0.1, 0.15) is 39.0 Å². The molecule has 1 fully saturated rings. The highest BCUT2D eigenvalue weighted by molar-refractivity contribution is 6.31. The van der Waals surface area contributed by atoms with E-state index in [1.165, 1.54) is 18.6 Å². The van der Waals surface area contributed by atoms with Crippen molar-refractivity contribution in [2.75, 3.05) is 17.2 Å². The Morgan fingerprint density at radius 1 is 1.44 bits per heavy atom. The number of hydrogen-bond donors (Lipinski definition) is 1. The number of nitrogen functional groups attached to an aromatic ring is 1. The molecular formula is C14H20ClFN2. The second-order valence-electron chi connectivity index (χ2n) is 4.96.